The SMILES string of the molecule is C=CCOc1ccccc1C=C1N=C(c2ccc(Br)cc2)OC1=O. The summed E-state index contributed by atoms with van der Waals surface area (Å²) in [7, 11) is 0. The molecule has 0 N–H and O–H groups in total. The summed E-state index contributed by atoms with van der Waals surface area (Å²) < 4.78 is 11.8. The third-order valence-electron chi connectivity index (χ3n) is 3.28. The van der Waals surface area contributed by atoms with Crippen LogP contribution in [0.15, 0.2) is 76.3 Å². The van der Waals surface area contributed by atoms with Crippen LogP contribution in [-0.4, -0.2) is 18.5 Å². The van der Waals surface area contributed by atoms with Crippen molar-refractivity contribution < 1.29 is 14.3 Å². The zero-order valence-corrected chi connectivity index (χ0v) is 14.3. The van der Waals surface area contributed by atoms with Crippen LogP contribution in [0.1, 0.15) is 11.1 Å². The highest BCUT2D eigenvalue weighted by atomic mass is 79.9. The molecule has 1 aliphatic rings. The van der Waals surface area contributed by atoms with Gasteiger partial charge in [-0.05, 0) is 36.4 Å². The predicted molar refractivity (Wildman–Crippen MR) is 96.9 cm³/mol. The van der Waals surface area contributed by atoms with Crippen LogP contribution in [-0.2, 0) is 9.53 Å². The Balaban J connectivity index is 1.91. The lowest BCUT2D eigenvalue weighted by Crippen LogP contribution is -2.05. The molecule has 0 aromatic heterocycles. The number of esters is 1. The zero-order chi connectivity index (χ0) is 16.9. The number of nitrogens with zero attached hydrogens (tertiary/aromatic N) is 1. The van der Waals surface area contributed by atoms with Gasteiger partial charge in [-0.1, -0.05) is 46.8 Å². The molecule has 5 heteroatoms. The second-order valence-electron chi connectivity index (χ2n) is 4.98. The molecule has 0 unspecified atom stereocenters. The molecule has 120 valence electrons. The molecule has 4 nitrogen and oxygen atoms in total. The van der Waals surface area contributed by atoms with E-state index in [4.69, 9.17) is 9.47 Å². The summed E-state index contributed by atoms with van der Waals surface area (Å²) >= 11 is 3.37. The fourth-order valence-corrected chi connectivity index (χ4v) is 2.42. The van der Waals surface area contributed by atoms with Gasteiger partial charge in [0.05, 0.1) is 0 Å². The van der Waals surface area contributed by atoms with Crippen molar-refractivity contribution in [2.45, 2.75) is 0 Å². The Hall–Kier alpha value is -2.66. The largest absolute Gasteiger partial charge is 0.489 e. The Morgan fingerprint density at radius 3 is 2.67 bits per heavy atom. The second-order valence-corrected chi connectivity index (χ2v) is 5.90. The van der Waals surface area contributed by atoms with E-state index in [9.17, 15) is 4.79 Å². The minimum absolute atomic E-state index is 0.238. The lowest BCUT2D eigenvalue weighted by molar-refractivity contribution is -0.129. The molecule has 0 bridgehead atoms. The van der Waals surface area contributed by atoms with E-state index in [2.05, 4.69) is 27.5 Å². The highest BCUT2D eigenvalue weighted by Gasteiger charge is 2.24. The summed E-state index contributed by atoms with van der Waals surface area (Å²) in [6, 6.07) is 14.8. The number of rotatable bonds is 5. The molecule has 0 radical (unpaired) electrons. The number of halogens is 1. The maximum Gasteiger partial charge on any atom is 0.363 e. The smallest absolute Gasteiger partial charge is 0.363 e. The van der Waals surface area contributed by atoms with E-state index in [0.717, 1.165) is 15.6 Å². The first-order chi connectivity index (χ1) is 11.7. The van der Waals surface area contributed by atoms with Crippen molar-refractivity contribution in [3.05, 3.63) is 82.5 Å². The summed E-state index contributed by atoms with van der Waals surface area (Å²) in [5.74, 6) is 0.472. The van der Waals surface area contributed by atoms with Crippen molar-refractivity contribution >= 4 is 33.9 Å². The first-order valence-electron chi connectivity index (χ1n) is 7.28. The second kappa shape index (κ2) is 7.27. The summed E-state index contributed by atoms with van der Waals surface area (Å²) in [6.07, 6.45) is 3.32. The number of benzene rings is 2. The van der Waals surface area contributed by atoms with Gasteiger partial charge in [-0.15, -0.1) is 0 Å². The van der Waals surface area contributed by atoms with Crippen molar-refractivity contribution in [1.29, 1.82) is 0 Å². The maximum absolute atomic E-state index is 12.1. The Morgan fingerprint density at radius 1 is 1.17 bits per heavy atom. The normalized spacial score (nSPS) is 15.1. The van der Waals surface area contributed by atoms with Crippen molar-refractivity contribution in [1.82, 2.24) is 0 Å². The van der Waals surface area contributed by atoms with E-state index in [-0.39, 0.29) is 5.70 Å². The van der Waals surface area contributed by atoms with Gasteiger partial charge >= 0.3 is 5.97 Å². The van der Waals surface area contributed by atoms with Gasteiger partial charge in [0, 0.05) is 15.6 Å². The number of cyclic esters (lactones) is 1. The van der Waals surface area contributed by atoms with Gasteiger partial charge in [0.15, 0.2) is 5.70 Å². The third kappa shape index (κ3) is 3.63. The molecular weight excluding hydrogens is 370 g/mol. The molecule has 0 saturated carbocycles. The van der Waals surface area contributed by atoms with E-state index in [1.807, 2.05) is 48.5 Å². The monoisotopic (exact) mass is 383 g/mol. The molecule has 3 rings (SSSR count). The summed E-state index contributed by atoms with van der Waals surface area (Å²) in [5.41, 5.74) is 1.74. The van der Waals surface area contributed by atoms with E-state index in [0.29, 0.717) is 18.3 Å². The first-order valence-corrected chi connectivity index (χ1v) is 8.08. The van der Waals surface area contributed by atoms with Crippen LogP contribution >= 0.6 is 15.9 Å². The minimum atomic E-state index is -0.480. The number of hydrogen-bond acceptors (Lipinski definition) is 4. The lowest BCUT2D eigenvalue weighted by Gasteiger charge is -2.06. The van der Waals surface area contributed by atoms with Crippen molar-refractivity contribution in [2.24, 2.45) is 4.99 Å². The van der Waals surface area contributed by atoms with Gasteiger partial charge in [0.25, 0.3) is 0 Å². The van der Waals surface area contributed by atoms with Crippen LogP contribution in [0.5, 0.6) is 5.75 Å². The Kier molecular flexibility index (Phi) is 4.91. The maximum atomic E-state index is 12.1. The van der Waals surface area contributed by atoms with Crippen LogP contribution in [0.4, 0.5) is 0 Å². The number of ether oxygens (including phenoxy) is 2. The van der Waals surface area contributed by atoms with E-state index in [1.165, 1.54) is 0 Å². The molecule has 0 aliphatic carbocycles. The topological polar surface area (TPSA) is 47.9 Å². The summed E-state index contributed by atoms with van der Waals surface area (Å²) in [4.78, 5) is 16.4. The molecule has 0 amide bonds. The standard InChI is InChI=1S/C19H14BrNO3/c1-2-11-23-17-6-4-3-5-14(17)12-16-19(22)24-18(21-16)13-7-9-15(20)10-8-13/h2-10,12H,1,11H2. The van der Waals surface area contributed by atoms with Crippen molar-refractivity contribution in [2.75, 3.05) is 6.61 Å². The molecule has 0 saturated heterocycles. The molecule has 0 fully saturated rings. The predicted octanol–water partition coefficient (Wildman–Crippen LogP) is 4.36. The molecule has 1 heterocycles. The van der Waals surface area contributed by atoms with E-state index < -0.39 is 5.97 Å². The molecule has 0 atom stereocenters. The number of aliphatic imine (C=N–C) groups is 1. The van der Waals surface area contributed by atoms with Crippen LogP contribution in [0.2, 0.25) is 0 Å². The number of carbonyl (C=O) groups is 1. The molecule has 2 aromatic rings. The third-order valence-corrected chi connectivity index (χ3v) is 3.81. The average Bonchev–Trinajstić information content (AvgIpc) is 2.95. The highest BCUT2D eigenvalue weighted by Crippen LogP contribution is 2.25. The fraction of sp³-hybridized carbons (Fsp3) is 0.0526. The zero-order valence-electron chi connectivity index (χ0n) is 12.7. The van der Waals surface area contributed by atoms with E-state index in [1.54, 1.807) is 12.2 Å². The van der Waals surface area contributed by atoms with Crippen LogP contribution in [0.3, 0.4) is 0 Å². The average molecular weight is 384 g/mol. The van der Waals surface area contributed by atoms with Gasteiger partial charge in [0.2, 0.25) is 5.90 Å². The van der Waals surface area contributed by atoms with Gasteiger partial charge in [-0.3, -0.25) is 0 Å². The molecule has 1 aliphatic heterocycles. The highest BCUT2D eigenvalue weighted by molar-refractivity contribution is 9.10. The van der Waals surface area contributed by atoms with Crippen LogP contribution in [0, 0.1) is 0 Å². The molecule has 2 aromatic carbocycles. The van der Waals surface area contributed by atoms with Crippen LogP contribution < -0.4 is 4.74 Å². The Morgan fingerprint density at radius 2 is 1.92 bits per heavy atom. The Bertz CT molecular complexity index is 838. The molecule has 0 spiro atoms. The van der Waals surface area contributed by atoms with Gasteiger partial charge < -0.3 is 9.47 Å². The summed E-state index contributed by atoms with van der Waals surface area (Å²) in [6.45, 7) is 4.02. The van der Waals surface area contributed by atoms with Gasteiger partial charge in [-0.2, -0.15) is 0 Å². The van der Waals surface area contributed by atoms with Crippen molar-refractivity contribution in [3.8, 4) is 5.75 Å². The number of para-hydroxylation sites is 1. The number of carbonyl (C=O) groups excluding carboxylic acids is 1. The first kappa shape index (κ1) is 16.2. The minimum Gasteiger partial charge on any atom is -0.489 e. The van der Waals surface area contributed by atoms with Gasteiger partial charge in [-0.25, -0.2) is 9.79 Å². The lowest BCUT2D eigenvalue weighted by atomic mass is 10.1. The fourth-order valence-electron chi connectivity index (χ4n) is 2.15. The van der Waals surface area contributed by atoms with Crippen LogP contribution in [0.25, 0.3) is 6.08 Å². The molecular formula is C19H14BrNO3. The quantitative estimate of drug-likeness (QED) is 0.437. The number of hydrogen-bond donors (Lipinski definition) is 0. The molecule has 24 heavy (non-hydrogen) atoms. The van der Waals surface area contributed by atoms with E-state index >= 15 is 0 Å². The summed E-state index contributed by atoms with van der Waals surface area (Å²) in [5, 5.41) is 0. The Labute approximate surface area is 148 Å². The van der Waals surface area contributed by atoms with Gasteiger partial charge in [0.1, 0.15) is 12.4 Å². The van der Waals surface area contributed by atoms with Crippen molar-refractivity contribution in [3.63, 3.8) is 0 Å².